The molecule has 2 saturated heterocycles. The van der Waals surface area contributed by atoms with E-state index in [0.717, 1.165) is 48.2 Å². The average Bonchev–Trinajstić information content (AvgIpc) is 3.63. The molecule has 12 heteroatoms. The maximum atomic E-state index is 13.2. The number of amides is 1. The first kappa shape index (κ1) is 30.4. The van der Waals surface area contributed by atoms with E-state index in [9.17, 15) is 18.0 Å². The van der Waals surface area contributed by atoms with Crippen molar-refractivity contribution in [3.63, 3.8) is 0 Å². The Hall–Kier alpha value is -3.67. The molecule has 11 nitrogen and oxygen atoms in total. The second-order valence-corrected chi connectivity index (χ2v) is 14.5. The van der Waals surface area contributed by atoms with E-state index >= 15 is 0 Å². The maximum absolute atomic E-state index is 13.2. The maximum Gasteiger partial charge on any atom is 0.309 e. The SMILES string of the molecule is CCOC(=O)C1CCN(C(=O)[C@H]2CC[C@H](Nc3nccc(-n4ccc5c(OCC6CCS(=O)(=O)C6)cccc54)n3)CC2)CC1. The first-order valence-electron chi connectivity index (χ1n) is 15.8. The molecule has 1 aliphatic carbocycles. The van der Waals surface area contributed by atoms with Crippen LogP contribution < -0.4 is 10.1 Å². The summed E-state index contributed by atoms with van der Waals surface area (Å²) in [5, 5.41) is 4.42. The van der Waals surface area contributed by atoms with Gasteiger partial charge in [-0.2, -0.15) is 4.98 Å². The van der Waals surface area contributed by atoms with E-state index in [1.807, 2.05) is 52.9 Å². The van der Waals surface area contributed by atoms with Gasteiger partial charge in [0.25, 0.3) is 0 Å². The molecule has 1 aromatic carbocycles. The van der Waals surface area contributed by atoms with Crippen LogP contribution in [0.2, 0.25) is 0 Å². The van der Waals surface area contributed by atoms with Crippen LogP contribution in [0.1, 0.15) is 51.9 Å². The fourth-order valence-corrected chi connectivity index (χ4v) is 8.59. The first-order chi connectivity index (χ1) is 21.3. The molecule has 236 valence electrons. The number of likely N-dealkylation sites (tertiary alicyclic amines) is 1. The van der Waals surface area contributed by atoms with E-state index < -0.39 is 9.84 Å². The van der Waals surface area contributed by atoms with E-state index in [2.05, 4.69) is 10.3 Å². The van der Waals surface area contributed by atoms with E-state index in [-0.39, 0.29) is 47.2 Å². The Morgan fingerprint density at radius 1 is 1.00 bits per heavy atom. The molecule has 1 atom stereocenters. The molecule has 1 N–H and O–H groups in total. The number of carbonyl (C=O) groups is 2. The summed E-state index contributed by atoms with van der Waals surface area (Å²) in [7, 11) is -2.94. The van der Waals surface area contributed by atoms with Gasteiger partial charge in [-0.25, -0.2) is 13.4 Å². The molecule has 2 aromatic heterocycles. The molecular formula is C32H41N5O6S. The first-order valence-corrected chi connectivity index (χ1v) is 17.6. The van der Waals surface area contributed by atoms with Crippen molar-refractivity contribution in [2.75, 3.05) is 43.1 Å². The van der Waals surface area contributed by atoms with Gasteiger partial charge in [0.15, 0.2) is 9.84 Å². The predicted molar refractivity (Wildman–Crippen MR) is 166 cm³/mol. The Bertz CT molecular complexity index is 1590. The van der Waals surface area contributed by atoms with Gasteiger partial charge in [-0.15, -0.1) is 0 Å². The molecule has 0 radical (unpaired) electrons. The molecule has 2 aliphatic heterocycles. The third kappa shape index (κ3) is 6.85. The summed E-state index contributed by atoms with van der Waals surface area (Å²) in [6, 6.07) is 9.89. The highest BCUT2D eigenvalue weighted by Crippen LogP contribution is 2.31. The van der Waals surface area contributed by atoms with Gasteiger partial charge in [0.1, 0.15) is 11.6 Å². The lowest BCUT2D eigenvalue weighted by molar-refractivity contribution is -0.152. The van der Waals surface area contributed by atoms with Crippen molar-refractivity contribution < 1.29 is 27.5 Å². The van der Waals surface area contributed by atoms with E-state index in [1.165, 1.54) is 0 Å². The lowest BCUT2D eigenvalue weighted by Crippen LogP contribution is -2.44. The van der Waals surface area contributed by atoms with Crippen LogP contribution in [0.4, 0.5) is 5.95 Å². The molecular weight excluding hydrogens is 582 g/mol. The summed E-state index contributed by atoms with van der Waals surface area (Å²) in [5.41, 5.74) is 0.941. The third-order valence-corrected chi connectivity index (χ3v) is 11.1. The van der Waals surface area contributed by atoms with Crippen LogP contribution in [0.5, 0.6) is 5.75 Å². The summed E-state index contributed by atoms with van der Waals surface area (Å²) in [6.45, 7) is 3.83. The van der Waals surface area contributed by atoms with Crippen LogP contribution in [0.15, 0.2) is 42.7 Å². The van der Waals surface area contributed by atoms with Crippen molar-refractivity contribution in [2.45, 2.75) is 57.9 Å². The molecule has 3 fully saturated rings. The smallest absolute Gasteiger partial charge is 0.309 e. The fraction of sp³-hybridized carbons (Fsp3) is 0.562. The summed E-state index contributed by atoms with van der Waals surface area (Å²) in [5.74, 6) is 2.45. The van der Waals surface area contributed by atoms with Crippen LogP contribution in [0, 0.1) is 17.8 Å². The number of fused-ring (bicyclic) bond motifs is 1. The van der Waals surface area contributed by atoms with Crippen molar-refractivity contribution in [2.24, 2.45) is 17.8 Å². The minimum Gasteiger partial charge on any atom is -0.493 e. The highest BCUT2D eigenvalue weighted by atomic mass is 32.2. The largest absolute Gasteiger partial charge is 0.493 e. The Kier molecular flexibility index (Phi) is 9.06. The number of piperidine rings is 1. The molecule has 1 amide bonds. The highest BCUT2D eigenvalue weighted by Gasteiger charge is 2.34. The molecule has 0 spiro atoms. The molecule has 4 heterocycles. The number of ether oxygens (including phenoxy) is 2. The summed E-state index contributed by atoms with van der Waals surface area (Å²) < 4.78 is 36.9. The van der Waals surface area contributed by atoms with Crippen LogP contribution >= 0.6 is 0 Å². The topological polar surface area (TPSA) is 133 Å². The highest BCUT2D eigenvalue weighted by molar-refractivity contribution is 7.91. The standard InChI is InChI=1S/C32H41N5O6S/c1-2-42-31(39)24-11-16-36(17-12-24)30(38)23-6-8-25(9-7-23)34-32-33-15-10-29(35-32)37-18-13-26-27(37)4-3-5-28(26)43-20-22-14-19-44(40,41)21-22/h3-5,10,13,15,18,22-25H,2,6-9,11-12,14,16-17,19-21H2,1H3,(H,33,34,35)/t22?,23-,25-. The minimum atomic E-state index is -2.94. The summed E-state index contributed by atoms with van der Waals surface area (Å²) >= 11 is 0. The van der Waals surface area contributed by atoms with Crippen molar-refractivity contribution in [3.05, 3.63) is 42.7 Å². The van der Waals surface area contributed by atoms with Gasteiger partial charge in [0, 0.05) is 48.7 Å². The number of esters is 1. The van der Waals surface area contributed by atoms with Crippen LogP contribution in [-0.4, -0.2) is 83.6 Å². The molecule has 6 rings (SSSR count). The normalized spacial score (nSPS) is 23.8. The number of sulfone groups is 1. The number of nitrogens with one attached hydrogen (secondary N) is 1. The molecule has 0 bridgehead atoms. The number of nitrogens with zero attached hydrogens (tertiary/aromatic N) is 4. The summed E-state index contributed by atoms with van der Waals surface area (Å²) in [4.78, 5) is 36.4. The molecule has 44 heavy (non-hydrogen) atoms. The second kappa shape index (κ2) is 13.1. The Morgan fingerprint density at radius 3 is 2.52 bits per heavy atom. The van der Waals surface area contributed by atoms with Crippen molar-refractivity contribution >= 4 is 38.6 Å². The number of rotatable bonds is 9. The number of benzene rings is 1. The Morgan fingerprint density at radius 2 is 1.80 bits per heavy atom. The van der Waals surface area contributed by atoms with Gasteiger partial charge in [0.05, 0.1) is 36.2 Å². The van der Waals surface area contributed by atoms with Crippen molar-refractivity contribution in [3.8, 4) is 11.6 Å². The summed E-state index contributed by atoms with van der Waals surface area (Å²) in [6.07, 6.45) is 9.03. The molecule has 1 unspecified atom stereocenters. The fourth-order valence-electron chi connectivity index (χ4n) is 6.75. The number of hydrogen-bond acceptors (Lipinski definition) is 9. The third-order valence-electron chi connectivity index (χ3n) is 9.22. The Balaban J connectivity index is 1.03. The zero-order valence-electron chi connectivity index (χ0n) is 25.2. The zero-order chi connectivity index (χ0) is 30.7. The molecule has 3 aromatic rings. The number of anilines is 1. The molecule has 1 saturated carbocycles. The van der Waals surface area contributed by atoms with E-state index in [0.29, 0.717) is 51.5 Å². The zero-order valence-corrected chi connectivity index (χ0v) is 26.0. The molecule has 3 aliphatic rings. The lowest BCUT2D eigenvalue weighted by atomic mass is 9.84. The quantitative estimate of drug-likeness (QED) is 0.351. The van der Waals surface area contributed by atoms with Gasteiger partial charge in [-0.05, 0) is 76.1 Å². The average molecular weight is 624 g/mol. The number of carbonyl (C=O) groups excluding carboxylic acids is 2. The van der Waals surface area contributed by atoms with Crippen molar-refractivity contribution in [1.82, 2.24) is 19.4 Å². The Labute approximate surface area is 258 Å². The number of hydrogen-bond donors (Lipinski definition) is 1. The van der Waals surface area contributed by atoms with Gasteiger partial charge in [-0.3, -0.25) is 9.59 Å². The van der Waals surface area contributed by atoms with Crippen molar-refractivity contribution in [1.29, 1.82) is 0 Å². The van der Waals surface area contributed by atoms with Crippen LogP contribution in [0.25, 0.3) is 16.7 Å². The minimum absolute atomic E-state index is 0.0140. The second-order valence-electron chi connectivity index (χ2n) is 12.2. The van der Waals surface area contributed by atoms with Gasteiger partial charge in [0.2, 0.25) is 11.9 Å². The van der Waals surface area contributed by atoms with Crippen LogP contribution in [0.3, 0.4) is 0 Å². The monoisotopic (exact) mass is 623 g/mol. The van der Waals surface area contributed by atoms with Gasteiger partial charge < -0.3 is 24.3 Å². The van der Waals surface area contributed by atoms with Gasteiger partial charge in [-0.1, -0.05) is 6.07 Å². The number of aromatic nitrogens is 3. The van der Waals surface area contributed by atoms with E-state index in [1.54, 1.807) is 6.20 Å². The van der Waals surface area contributed by atoms with E-state index in [4.69, 9.17) is 14.5 Å². The predicted octanol–water partition coefficient (Wildman–Crippen LogP) is 4.01. The van der Waals surface area contributed by atoms with Crippen LogP contribution in [-0.2, 0) is 24.2 Å². The van der Waals surface area contributed by atoms with Gasteiger partial charge >= 0.3 is 5.97 Å². The lowest BCUT2D eigenvalue weighted by Gasteiger charge is -2.35.